The highest BCUT2D eigenvalue weighted by Crippen LogP contribution is 2.24. The summed E-state index contributed by atoms with van der Waals surface area (Å²) in [6, 6.07) is 5.08. The summed E-state index contributed by atoms with van der Waals surface area (Å²) < 4.78 is 0. The van der Waals surface area contributed by atoms with Crippen molar-refractivity contribution in [2.75, 3.05) is 7.05 Å². The van der Waals surface area contributed by atoms with E-state index in [9.17, 15) is 9.59 Å². The van der Waals surface area contributed by atoms with Crippen molar-refractivity contribution in [2.45, 2.75) is 38.6 Å². The lowest BCUT2D eigenvalue weighted by Crippen LogP contribution is -2.35. The van der Waals surface area contributed by atoms with Gasteiger partial charge in [0.25, 0.3) is 5.91 Å². The highest BCUT2D eigenvalue weighted by atomic mass is 16.4. The highest BCUT2D eigenvalue weighted by molar-refractivity contribution is 5.97. The molecule has 0 spiro atoms. The van der Waals surface area contributed by atoms with Gasteiger partial charge >= 0.3 is 5.97 Å². The van der Waals surface area contributed by atoms with Gasteiger partial charge in [-0.1, -0.05) is 12.8 Å². The van der Waals surface area contributed by atoms with Crippen LogP contribution in [0.3, 0.4) is 0 Å². The van der Waals surface area contributed by atoms with Gasteiger partial charge in [-0.2, -0.15) is 0 Å². The fourth-order valence-electron chi connectivity index (χ4n) is 2.69. The van der Waals surface area contributed by atoms with E-state index in [0.717, 1.165) is 31.2 Å². The molecular formula is C15H19NO3. The first-order chi connectivity index (χ1) is 8.99. The van der Waals surface area contributed by atoms with Gasteiger partial charge in [-0.25, -0.2) is 4.79 Å². The van der Waals surface area contributed by atoms with Crippen LogP contribution in [0, 0.1) is 6.92 Å². The standard InChI is InChI=1S/C15H19NO3/c1-10-7-11(9-12(8-10)15(18)19)14(17)16(2)13-5-3-4-6-13/h7-9,13H,3-6H2,1-2H3,(H,18,19). The molecule has 0 saturated heterocycles. The van der Waals surface area contributed by atoms with Crippen LogP contribution in [0.25, 0.3) is 0 Å². The van der Waals surface area contributed by atoms with Gasteiger partial charge in [0.05, 0.1) is 5.56 Å². The van der Waals surface area contributed by atoms with Crippen LogP contribution >= 0.6 is 0 Å². The van der Waals surface area contributed by atoms with Crippen molar-refractivity contribution < 1.29 is 14.7 Å². The Hall–Kier alpha value is -1.84. The molecule has 1 fully saturated rings. The molecule has 1 amide bonds. The highest BCUT2D eigenvalue weighted by Gasteiger charge is 2.24. The lowest BCUT2D eigenvalue weighted by molar-refractivity contribution is 0.0696. The number of carboxylic acids is 1. The molecular weight excluding hydrogens is 242 g/mol. The van der Waals surface area contributed by atoms with Crippen LogP contribution in [-0.4, -0.2) is 35.0 Å². The Morgan fingerprint density at radius 3 is 2.32 bits per heavy atom. The Bertz CT molecular complexity index is 504. The Morgan fingerprint density at radius 1 is 1.16 bits per heavy atom. The number of aromatic carboxylic acids is 1. The Balaban J connectivity index is 2.25. The van der Waals surface area contributed by atoms with E-state index in [-0.39, 0.29) is 11.5 Å². The number of carboxylic acid groups (broad SMARTS) is 1. The summed E-state index contributed by atoms with van der Waals surface area (Å²) >= 11 is 0. The lowest BCUT2D eigenvalue weighted by atomic mass is 10.0. The third-order valence-corrected chi connectivity index (χ3v) is 3.76. The predicted molar refractivity (Wildman–Crippen MR) is 72.5 cm³/mol. The third-order valence-electron chi connectivity index (χ3n) is 3.76. The summed E-state index contributed by atoms with van der Waals surface area (Å²) in [7, 11) is 1.81. The maximum atomic E-state index is 12.4. The maximum absolute atomic E-state index is 12.4. The number of benzene rings is 1. The monoisotopic (exact) mass is 261 g/mol. The van der Waals surface area contributed by atoms with Crippen molar-refractivity contribution >= 4 is 11.9 Å². The van der Waals surface area contributed by atoms with E-state index in [2.05, 4.69) is 0 Å². The molecule has 2 rings (SSSR count). The normalized spacial score (nSPS) is 15.5. The Morgan fingerprint density at radius 2 is 1.74 bits per heavy atom. The molecule has 1 aliphatic carbocycles. The average molecular weight is 261 g/mol. The number of carbonyl (C=O) groups excluding carboxylic acids is 1. The smallest absolute Gasteiger partial charge is 0.335 e. The van der Waals surface area contributed by atoms with Crippen LogP contribution in [0.5, 0.6) is 0 Å². The van der Waals surface area contributed by atoms with E-state index < -0.39 is 5.97 Å². The first-order valence-electron chi connectivity index (χ1n) is 6.61. The topological polar surface area (TPSA) is 57.6 Å². The summed E-state index contributed by atoms with van der Waals surface area (Å²) in [5.74, 6) is -1.08. The van der Waals surface area contributed by atoms with Crippen LogP contribution in [-0.2, 0) is 0 Å². The minimum absolute atomic E-state index is 0.0851. The maximum Gasteiger partial charge on any atom is 0.335 e. The second-order valence-electron chi connectivity index (χ2n) is 5.25. The molecule has 0 aromatic heterocycles. The molecule has 19 heavy (non-hydrogen) atoms. The number of carbonyl (C=O) groups is 2. The molecule has 4 heteroatoms. The summed E-state index contributed by atoms with van der Waals surface area (Å²) in [4.78, 5) is 25.2. The van der Waals surface area contributed by atoms with Gasteiger partial charge in [-0.15, -0.1) is 0 Å². The quantitative estimate of drug-likeness (QED) is 0.910. The van der Waals surface area contributed by atoms with Gasteiger partial charge in [-0.3, -0.25) is 4.79 Å². The van der Waals surface area contributed by atoms with Gasteiger partial charge in [0, 0.05) is 18.7 Å². The number of amides is 1. The van der Waals surface area contributed by atoms with E-state index in [1.807, 2.05) is 0 Å². The molecule has 1 aliphatic rings. The fourth-order valence-corrected chi connectivity index (χ4v) is 2.69. The number of rotatable bonds is 3. The number of hydrogen-bond acceptors (Lipinski definition) is 2. The zero-order valence-electron chi connectivity index (χ0n) is 11.3. The van der Waals surface area contributed by atoms with E-state index in [4.69, 9.17) is 5.11 Å². The molecule has 0 bridgehead atoms. The second-order valence-corrected chi connectivity index (χ2v) is 5.25. The van der Waals surface area contributed by atoms with Crippen LogP contribution in [0.15, 0.2) is 18.2 Å². The zero-order chi connectivity index (χ0) is 14.0. The van der Waals surface area contributed by atoms with Gasteiger partial charge < -0.3 is 10.0 Å². The molecule has 1 aromatic carbocycles. The molecule has 0 heterocycles. The van der Waals surface area contributed by atoms with Crippen LogP contribution in [0.2, 0.25) is 0 Å². The molecule has 1 saturated carbocycles. The minimum atomic E-state index is -0.999. The molecule has 0 atom stereocenters. The van der Waals surface area contributed by atoms with E-state index in [1.54, 1.807) is 31.0 Å². The predicted octanol–water partition coefficient (Wildman–Crippen LogP) is 2.71. The first-order valence-corrected chi connectivity index (χ1v) is 6.61. The van der Waals surface area contributed by atoms with E-state index >= 15 is 0 Å². The van der Waals surface area contributed by atoms with E-state index in [1.165, 1.54) is 6.07 Å². The summed E-state index contributed by atoms with van der Waals surface area (Å²) in [6.07, 6.45) is 4.41. The van der Waals surface area contributed by atoms with Crippen molar-refractivity contribution in [3.8, 4) is 0 Å². The molecule has 0 aliphatic heterocycles. The van der Waals surface area contributed by atoms with Gasteiger partial charge in [0.2, 0.25) is 0 Å². The number of nitrogens with zero attached hydrogens (tertiary/aromatic N) is 1. The van der Waals surface area contributed by atoms with Crippen molar-refractivity contribution in [3.63, 3.8) is 0 Å². The van der Waals surface area contributed by atoms with Crippen molar-refractivity contribution in [3.05, 3.63) is 34.9 Å². The molecule has 4 nitrogen and oxygen atoms in total. The largest absolute Gasteiger partial charge is 0.478 e. The molecule has 1 aromatic rings. The van der Waals surface area contributed by atoms with Gasteiger partial charge in [0.15, 0.2) is 0 Å². The summed E-state index contributed by atoms with van der Waals surface area (Å²) in [5.41, 5.74) is 1.43. The fraction of sp³-hybridized carbons (Fsp3) is 0.467. The van der Waals surface area contributed by atoms with Gasteiger partial charge in [0.1, 0.15) is 0 Å². The Labute approximate surface area is 113 Å². The molecule has 0 unspecified atom stereocenters. The molecule has 0 radical (unpaired) electrons. The zero-order valence-corrected chi connectivity index (χ0v) is 11.3. The first kappa shape index (κ1) is 13.6. The summed E-state index contributed by atoms with van der Waals surface area (Å²) in [6.45, 7) is 1.80. The van der Waals surface area contributed by atoms with E-state index in [0.29, 0.717) is 11.6 Å². The number of hydrogen-bond donors (Lipinski definition) is 1. The van der Waals surface area contributed by atoms with Gasteiger partial charge in [-0.05, 0) is 43.5 Å². The SMILES string of the molecule is Cc1cc(C(=O)O)cc(C(=O)N(C)C2CCCC2)c1. The number of aryl methyl sites for hydroxylation is 1. The molecule has 1 N–H and O–H groups in total. The minimum Gasteiger partial charge on any atom is -0.478 e. The summed E-state index contributed by atoms with van der Waals surface area (Å²) in [5, 5.41) is 9.04. The lowest BCUT2D eigenvalue weighted by Gasteiger charge is -2.24. The van der Waals surface area contributed by atoms with Crippen LogP contribution in [0.4, 0.5) is 0 Å². The van der Waals surface area contributed by atoms with Crippen LogP contribution < -0.4 is 0 Å². The second kappa shape index (κ2) is 5.43. The van der Waals surface area contributed by atoms with Crippen molar-refractivity contribution in [2.24, 2.45) is 0 Å². The average Bonchev–Trinajstić information content (AvgIpc) is 2.90. The van der Waals surface area contributed by atoms with Crippen molar-refractivity contribution in [1.29, 1.82) is 0 Å². The van der Waals surface area contributed by atoms with Crippen LogP contribution in [0.1, 0.15) is 52.0 Å². The van der Waals surface area contributed by atoms with Crippen molar-refractivity contribution in [1.82, 2.24) is 4.90 Å². The Kier molecular flexibility index (Phi) is 3.88. The molecule has 102 valence electrons. The third kappa shape index (κ3) is 2.95.